The average molecular weight is 317 g/mol. The van der Waals surface area contributed by atoms with E-state index < -0.39 is 0 Å². The molecule has 0 aromatic carbocycles. The molecule has 0 radical (unpaired) electrons. The van der Waals surface area contributed by atoms with Gasteiger partial charge >= 0.3 is 0 Å². The minimum Gasteiger partial charge on any atom is -0.377 e. The highest BCUT2D eigenvalue weighted by Gasteiger charge is 2.41. The van der Waals surface area contributed by atoms with E-state index in [1.165, 1.54) is 19.3 Å². The zero-order valence-corrected chi connectivity index (χ0v) is 13.8. The number of nitrogens with zero attached hydrogens (tertiary/aromatic N) is 1. The van der Waals surface area contributed by atoms with Gasteiger partial charge in [-0.25, -0.2) is 0 Å². The SMILES string of the molecule is CC1CN(C(=O)C2CC3CCCC(C2)C3N)CCCO1.Cl. The van der Waals surface area contributed by atoms with E-state index in [0.29, 0.717) is 23.8 Å². The van der Waals surface area contributed by atoms with Crippen LogP contribution in [-0.4, -0.2) is 42.6 Å². The number of nitrogens with two attached hydrogens (primary N) is 1. The van der Waals surface area contributed by atoms with Crippen molar-refractivity contribution in [2.75, 3.05) is 19.7 Å². The number of ether oxygens (including phenoxy) is 1. The molecule has 3 unspecified atom stereocenters. The molecule has 0 spiro atoms. The van der Waals surface area contributed by atoms with E-state index in [2.05, 4.69) is 11.8 Å². The van der Waals surface area contributed by atoms with Crippen LogP contribution >= 0.6 is 12.4 Å². The molecule has 1 heterocycles. The zero-order chi connectivity index (χ0) is 14.1. The van der Waals surface area contributed by atoms with Gasteiger partial charge in [-0.05, 0) is 50.9 Å². The molecule has 3 fully saturated rings. The van der Waals surface area contributed by atoms with Crippen molar-refractivity contribution in [3.63, 3.8) is 0 Å². The number of halogens is 1. The molecular formula is C16H29ClN2O2. The Morgan fingerprint density at radius 1 is 1.19 bits per heavy atom. The summed E-state index contributed by atoms with van der Waals surface area (Å²) in [6.07, 6.45) is 6.92. The molecule has 2 N–H and O–H groups in total. The smallest absolute Gasteiger partial charge is 0.225 e. The first-order valence-corrected chi connectivity index (χ1v) is 8.31. The lowest BCUT2D eigenvalue weighted by molar-refractivity contribution is -0.139. The van der Waals surface area contributed by atoms with Gasteiger partial charge in [-0.3, -0.25) is 4.79 Å². The second-order valence-electron chi connectivity index (χ2n) is 7.02. The van der Waals surface area contributed by atoms with Gasteiger partial charge in [-0.1, -0.05) is 6.42 Å². The van der Waals surface area contributed by atoms with Crippen LogP contribution < -0.4 is 5.73 Å². The summed E-state index contributed by atoms with van der Waals surface area (Å²) in [7, 11) is 0. The van der Waals surface area contributed by atoms with Gasteiger partial charge in [-0.15, -0.1) is 12.4 Å². The van der Waals surface area contributed by atoms with Crippen molar-refractivity contribution < 1.29 is 9.53 Å². The summed E-state index contributed by atoms with van der Waals surface area (Å²) in [5.41, 5.74) is 6.33. The fraction of sp³-hybridized carbons (Fsp3) is 0.938. The third-order valence-corrected chi connectivity index (χ3v) is 5.53. The van der Waals surface area contributed by atoms with Gasteiger partial charge in [0.05, 0.1) is 6.10 Å². The molecule has 4 nitrogen and oxygen atoms in total. The van der Waals surface area contributed by atoms with Crippen LogP contribution in [0.5, 0.6) is 0 Å². The van der Waals surface area contributed by atoms with Gasteiger partial charge in [0.1, 0.15) is 0 Å². The van der Waals surface area contributed by atoms with Gasteiger partial charge in [0.2, 0.25) is 5.91 Å². The van der Waals surface area contributed by atoms with E-state index in [1.54, 1.807) is 0 Å². The summed E-state index contributed by atoms with van der Waals surface area (Å²) in [6.45, 7) is 4.47. The number of hydrogen-bond donors (Lipinski definition) is 1. The molecule has 5 heteroatoms. The Morgan fingerprint density at radius 2 is 1.86 bits per heavy atom. The van der Waals surface area contributed by atoms with Crippen molar-refractivity contribution in [1.29, 1.82) is 0 Å². The third-order valence-electron chi connectivity index (χ3n) is 5.53. The molecule has 2 bridgehead atoms. The maximum atomic E-state index is 12.8. The summed E-state index contributed by atoms with van der Waals surface area (Å²) in [4.78, 5) is 14.9. The largest absolute Gasteiger partial charge is 0.377 e. The Labute approximate surface area is 134 Å². The van der Waals surface area contributed by atoms with Crippen LogP contribution in [0.15, 0.2) is 0 Å². The van der Waals surface area contributed by atoms with Crippen LogP contribution in [0, 0.1) is 17.8 Å². The highest BCUT2D eigenvalue weighted by Crippen LogP contribution is 2.42. The number of fused-ring (bicyclic) bond motifs is 2. The Hall–Kier alpha value is -0.320. The number of amides is 1. The lowest BCUT2D eigenvalue weighted by atomic mass is 9.65. The van der Waals surface area contributed by atoms with Crippen LogP contribution in [0.2, 0.25) is 0 Å². The molecule has 3 atom stereocenters. The summed E-state index contributed by atoms with van der Waals surface area (Å²) in [6, 6.07) is 0.346. The summed E-state index contributed by atoms with van der Waals surface area (Å²) in [5, 5.41) is 0. The summed E-state index contributed by atoms with van der Waals surface area (Å²) >= 11 is 0. The number of carbonyl (C=O) groups excluding carboxylic acids is 1. The number of hydrogen-bond acceptors (Lipinski definition) is 3. The number of rotatable bonds is 1. The maximum absolute atomic E-state index is 12.8. The molecule has 1 aliphatic heterocycles. The molecule has 21 heavy (non-hydrogen) atoms. The lowest BCUT2D eigenvalue weighted by Gasteiger charge is -2.44. The van der Waals surface area contributed by atoms with Crippen LogP contribution in [-0.2, 0) is 9.53 Å². The monoisotopic (exact) mass is 316 g/mol. The minimum atomic E-state index is 0. The second-order valence-corrected chi connectivity index (χ2v) is 7.02. The van der Waals surface area contributed by atoms with Crippen molar-refractivity contribution in [3.05, 3.63) is 0 Å². The van der Waals surface area contributed by atoms with Crippen LogP contribution in [0.4, 0.5) is 0 Å². The number of carbonyl (C=O) groups is 1. The second kappa shape index (κ2) is 7.30. The highest BCUT2D eigenvalue weighted by molar-refractivity contribution is 5.85. The summed E-state index contributed by atoms with van der Waals surface area (Å²) in [5.74, 6) is 1.75. The lowest BCUT2D eigenvalue weighted by Crippen LogP contribution is -2.50. The van der Waals surface area contributed by atoms with Crippen LogP contribution in [0.3, 0.4) is 0 Å². The van der Waals surface area contributed by atoms with E-state index >= 15 is 0 Å². The zero-order valence-electron chi connectivity index (χ0n) is 13.0. The van der Waals surface area contributed by atoms with Crippen molar-refractivity contribution >= 4 is 18.3 Å². The molecule has 0 aromatic heterocycles. The summed E-state index contributed by atoms with van der Waals surface area (Å²) < 4.78 is 5.65. The molecule has 0 aromatic rings. The first-order valence-electron chi connectivity index (χ1n) is 8.31. The first kappa shape index (κ1) is 17.0. The molecule has 3 aliphatic rings. The molecular weight excluding hydrogens is 288 g/mol. The Kier molecular flexibility index (Phi) is 5.92. The molecule has 3 rings (SSSR count). The third kappa shape index (κ3) is 3.72. The van der Waals surface area contributed by atoms with Crippen molar-refractivity contribution in [1.82, 2.24) is 4.90 Å². The topological polar surface area (TPSA) is 55.6 Å². The predicted molar refractivity (Wildman–Crippen MR) is 85.4 cm³/mol. The quantitative estimate of drug-likeness (QED) is 0.807. The molecule has 122 valence electrons. The molecule has 2 aliphatic carbocycles. The van der Waals surface area contributed by atoms with Crippen LogP contribution in [0.25, 0.3) is 0 Å². The Bertz CT molecular complexity index is 352. The van der Waals surface area contributed by atoms with Crippen LogP contribution in [0.1, 0.15) is 45.4 Å². The standard InChI is InChI=1S/C16H28N2O2.ClH/c1-11-10-18(6-3-7-20-11)16(19)14-8-12-4-2-5-13(9-14)15(12)17;/h11-15H,2-10,17H2,1H3;1H. The van der Waals surface area contributed by atoms with Crippen molar-refractivity contribution in [2.45, 2.75) is 57.6 Å². The minimum absolute atomic E-state index is 0. The van der Waals surface area contributed by atoms with E-state index in [9.17, 15) is 4.79 Å². The molecule has 1 saturated heterocycles. The highest BCUT2D eigenvalue weighted by atomic mass is 35.5. The van der Waals surface area contributed by atoms with E-state index in [1.807, 2.05) is 0 Å². The fourth-order valence-electron chi connectivity index (χ4n) is 4.44. The van der Waals surface area contributed by atoms with Gasteiger partial charge in [0, 0.05) is 31.7 Å². The molecule has 1 amide bonds. The van der Waals surface area contributed by atoms with Gasteiger partial charge < -0.3 is 15.4 Å². The predicted octanol–water partition coefficient (Wildman–Crippen LogP) is 2.20. The maximum Gasteiger partial charge on any atom is 0.225 e. The fourth-order valence-corrected chi connectivity index (χ4v) is 4.44. The Morgan fingerprint density at radius 3 is 2.52 bits per heavy atom. The van der Waals surface area contributed by atoms with Crippen molar-refractivity contribution in [2.24, 2.45) is 23.5 Å². The van der Waals surface area contributed by atoms with Crippen molar-refractivity contribution in [3.8, 4) is 0 Å². The normalized spacial score (nSPS) is 40.1. The van der Waals surface area contributed by atoms with Gasteiger partial charge in [-0.2, -0.15) is 0 Å². The van der Waals surface area contributed by atoms with E-state index in [-0.39, 0.29) is 24.4 Å². The average Bonchev–Trinajstić information content (AvgIpc) is 2.62. The van der Waals surface area contributed by atoms with Gasteiger partial charge in [0.15, 0.2) is 0 Å². The van der Waals surface area contributed by atoms with E-state index in [4.69, 9.17) is 10.5 Å². The first-order chi connectivity index (χ1) is 9.65. The Balaban J connectivity index is 0.00000161. The molecule has 2 saturated carbocycles. The van der Waals surface area contributed by atoms with Gasteiger partial charge in [0.25, 0.3) is 0 Å². The van der Waals surface area contributed by atoms with E-state index in [0.717, 1.165) is 39.0 Å².